The molecule has 0 aromatic heterocycles. The van der Waals surface area contributed by atoms with Crippen molar-refractivity contribution in [2.24, 2.45) is 0 Å². The molecule has 0 bridgehead atoms. The first kappa shape index (κ1) is 14.2. The van der Waals surface area contributed by atoms with Crippen molar-refractivity contribution in [2.75, 3.05) is 26.9 Å². The minimum absolute atomic E-state index is 0.105. The highest BCUT2D eigenvalue weighted by Crippen LogP contribution is 2.20. The zero-order valence-corrected chi connectivity index (χ0v) is 10.8. The molecule has 0 aliphatic carbocycles. The van der Waals surface area contributed by atoms with Crippen LogP contribution in [0.5, 0.6) is 0 Å². The molecule has 100 valence electrons. The Morgan fingerprint density at radius 2 is 2.24 bits per heavy atom. The standard InChI is InChI=1S/C11H21NO5/c1-10(2,3)17-9(13)12-8-5-16-7-11(8,14)6-15-4/h8,14H,5-7H2,1-4H3,(H,12,13)/t8-,11-/m1/s1. The number of nitrogens with one attached hydrogen (secondary N) is 1. The monoisotopic (exact) mass is 247 g/mol. The van der Waals surface area contributed by atoms with Crippen molar-refractivity contribution < 1.29 is 24.1 Å². The lowest BCUT2D eigenvalue weighted by molar-refractivity contribution is -0.0486. The van der Waals surface area contributed by atoms with E-state index in [1.165, 1.54) is 7.11 Å². The van der Waals surface area contributed by atoms with E-state index in [9.17, 15) is 9.90 Å². The molecule has 1 aliphatic heterocycles. The predicted molar refractivity (Wildman–Crippen MR) is 60.8 cm³/mol. The summed E-state index contributed by atoms with van der Waals surface area (Å²) in [6, 6.07) is -0.516. The van der Waals surface area contributed by atoms with Gasteiger partial charge in [0.2, 0.25) is 0 Å². The van der Waals surface area contributed by atoms with Gasteiger partial charge in [-0.2, -0.15) is 0 Å². The van der Waals surface area contributed by atoms with Gasteiger partial charge in [0, 0.05) is 7.11 Å². The van der Waals surface area contributed by atoms with Crippen LogP contribution in [-0.4, -0.2) is 55.4 Å². The molecule has 0 spiro atoms. The van der Waals surface area contributed by atoms with E-state index in [0.717, 1.165) is 0 Å². The number of alkyl carbamates (subject to hydrolysis) is 1. The Kier molecular flexibility index (Phi) is 4.35. The number of ether oxygens (including phenoxy) is 3. The predicted octanol–water partition coefficient (Wildman–Crippen LogP) is 0.287. The van der Waals surface area contributed by atoms with E-state index in [1.807, 2.05) is 0 Å². The summed E-state index contributed by atoms with van der Waals surface area (Å²) < 4.78 is 15.2. The van der Waals surface area contributed by atoms with Crippen LogP contribution in [0.25, 0.3) is 0 Å². The van der Waals surface area contributed by atoms with Crippen LogP contribution in [0, 0.1) is 0 Å². The number of carbonyl (C=O) groups is 1. The van der Waals surface area contributed by atoms with E-state index in [1.54, 1.807) is 20.8 Å². The molecule has 1 saturated heterocycles. The molecule has 1 aliphatic rings. The molecular weight excluding hydrogens is 226 g/mol. The van der Waals surface area contributed by atoms with Gasteiger partial charge in [0.1, 0.15) is 11.2 Å². The summed E-state index contributed by atoms with van der Waals surface area (Å²) in [6.07, 6.45) is -0.567. The average molecular weight is 247 g/mol. The molecule has 1 heterocycles. The summed E-state index contributed by atoms with van der Waals surface area (Å²) in [7, 11) is 1.49. The van der Waals surface area contributed by atoms with Crippen molar-refractivity contribution in [1.29, 1.82) is 0 Å². The highest BCUT2D eigenvalue weighted by atomic mass is 16.6. The molecule has 0 saturated carbocycles. The summed E-state index contributed by atoms with van der Waals surface area (Å²) in [5.74, 6) is 0. The molecule has 2 atom stereocenters. The van der Waals surface area contributed by atoms with Crippen LogP contribution >= 0.6 is 0 Å². The van der Waals surface area contributed by atoms with Gasteiger partial charge in [-0.25, -0.2) is 4.79 Å². The van der Waals surface area contributed by atoms with E-state index < -0.39 is 23.3 Å². The lowest BCUT2D eigenvalue weighted by Gasteiger charge is -2.29. The van der Waals surface area contributed by atoms with Crippen molar-refractivity contribution in [2.45, 2.75) is 38.0 Å². The van der Waals surface area contributed by atoms with Gasteiger partial charge < -0.3 is 24.6 Å². The number of methoxy groups -OCH3 is 1. The van der Waals surface area contributed by atoms with Crippen LogP contribution in [-0.2, 0) is 14.2 Å². The van der Waals surface area contributed by atoms with Gasteiger partial charge in [-0.3, -0.25) is 0 Å². The number of amides is 1. The van der Waals surface area contributed by atoms with Gasteiger partial charge in [-0.15, -0.1) is 0 Å². The van der Waals surface area contributed by atoms with Crippen molar-refractivity contribution in [3.63, 3.8) is 0 Å². The Hall–Kier alpha value is -0.850. The Labute approximate surface area is 101 Å². The Balaban J connectivity index is 2.53. The maximum Gasteiger partial charge on any atom is 0.408 e. The molecular formula is C11H21NO5. The largest absolute Gasteiger partial charge is 0.444 e. The summed E-state index contributed by atoms with van der Waals surface area (Å²) in [5, 5.41) is 12.8. The molecule has 0 radical (unpaired) electrons. The summed E-state index contributed by atoms with van der Waals surface area (Å²) in [4.78, 5) is 11.6. The first-order chi connectivity index (χ1) is 7.77. The summed E-state index contributed by atoms with van der Waals surface area (Å²) in [6.45, 7) is 5.82. The van der Waals surface area contributed by atoms with E-state index >= 15 is 0 Å². The fourth-order valence-electron chi connectivity index (χ4n) is 1.63. The number of aliphatic hydroxyl groups is 1. The minimum Gasteiger partial charge on any atom is -0.444 e. The van der Waals surface area contributed by atoms with E-state index in [0.29, 0.717) is 0 Å². The average Bonchev–Trinajstić information content (AvgIpc) is 2.45. The zero-order chi connectivity index (χ0) is 13.1. The topological polar surface area (TPSA) is 77.0 Å². The number of rotatable bonds is 3. The minimum atomic E-state index is -1.19. The van der Waals surface area contributed by atoms with Crippen molar-refractivity contribution in [3.8, 4) is 0 Å². The van der Waals surface area contributed by atoms with Gasteiger partial charge in [0.15, 0.2) is 0 Å². The van der Waals surface area contributed by atoms with E-state index in [-0.39, 0.29) is 19.8 Å². The highest BCUT2D eigenvalue weighted by Gasteiger charge is 2.44. The van der Waals surface area contributed by atoms with Crippen molar-refractivity contribution in [3.05, 3.63) is 0 Å². The molecule has 1 rings (SSSR count). The quantitative estimate of drug-likeness (QED) is 0.749. The number of hydrogen-bond donors (Lipinski definition) is 2. The first-order valence-electron chi connectivity index (χ1n) is 5.55. The normalized spacial score (nSPS) is 29.1. The third-order valence-electron chi connectivity index (χ3n) is 2.37. The molecule has 6 nitrogen and oxygen atoms in total. The Morgan fingerprint density at radius 1 is 1.59 bits per heavy atom. The SMILES string of the molecule is COC[C@@]1(O)COC[C@H]1NC(=O)OC(C)(C)C. The third-order valence-corrected chi connectivity index (χ3v) is 2.37. The zero-order valence-electron chi connectivity index (χ0n) is 10.8. The molecule has 17 heavy (non-hydrogen) atoms. The van der Waals surface area contributed by atoms with E-state index in [2.05, 4.69) is 5.32 Å². The highest BCUT2D eigenvalue weighted by molar-refractivity contribution is 5.68. The van der Waals surface area contributed by atoms with Crippen LogP contribution < -0.4 is 5.32 Å². The maximum atomic E-state index is 11.6. The third kappa shape index (κ3) is 4.14. The molecule has 2 N–H and O–H groups in total. The number of hydrogen-bond acceptors (Lipinski definition) is 5. The Morgan fingerprint density at radius 3 is 2.76 bits per heavy atom. The molecule has 1 amide bonds. The van der Waals surface area contributed by atoms with Crippen LogP contribution in [0.1, 0.15) is 20.8 Å². The van der Waals surface area contributed by atoms with Gasteiger partial charge in [-0.05, 0) is 20.8 Å². The number of carbonyl (C=O) groups excluding carboxylic acids is 1. The molecule has 1 fully saturated rings. The lowest BCUT2D eigenvalue weighted by Crippen LogP contribution is -2.55. The fourth-order valence-corrected chi connectivity index (χ4v) is 1.63. The van der Waals surface area contributed by atoms with Crippen LogP contribution in [0.4, 0.5) is 4.79 Å². The van der Waals surface area contributed by atoms with Gasteiger partial charge >= 0.3 is 6.09 Å². The van der Waals surface area contributed by atoms with Crippen LogP contribution in [0.2, 0.25) is 0 Å². The molecule has 0 unspecified atom stereocenters. The second-order valence-corrected chi connectivity index (χ2v) is 5.25. The van der Waals surface area contributed by atoms with Crippen LogP contribution in [0.3, 0.4) is 0 Å². The van der Waals surface area contributed by atoms with E-state index in [4.69, 9.17) is 14.2 Å². The van der Waals surface area contributed by atoms with Gasteiger partial charge in [0.05, 0.1) is 25.9 Å². The molecule has 0 aromatic carbocycles. The smallest absolute Gasteiger partial charge is 0.408 e. The second kappa shape index (κ2) is 5.20. The van der Waals surface area contributed by atoms with Crippen molar-refractivity contribution >= 4 is 6.09 Å². The second-order valence-electron chi connectivity index (χ2n) is 5.25. The van der Waals surface area contributed by atoms with Gasteiger partial charge in [0.25, 0.3) is 0 Å². The molecule has 0 aromatic rings. The molecule has 6 heteroatoms. The Bertz CT molecular complexity index is 276. The van der Waals surface area contributed by atoms with Crippen molar-refractivity contribution in [1.82, 2.24) is 5.32 Å². The first-order valence-corrected chi connectivity index (χ1v) is 5.55. The lowest BCUT2D eigenvalue weighted by atomic mass is 9.99. The maximum absolute atomic E-state index is 11.6. The summed E-state index contributed by atoms with van der Waals surface area (Å²) >= 11 is 0. The van der Waals surface area contributed by atoms with Crippen LogP contribution in [0.15, 0.2) is 0 Å². The van der Waals surface area contributed by atoms with Gasteiger partial charge in [-0.1, -0.05) is 0 Å². The fraction of sp³-hybridized carbons (Fsp3) is 0.909. The summed E-state index contributed by atoms with van der Waals surface area (Å²) in [5.41, 5.74) is -1.76.